The number of methoxy groups -OCH3 is 1. The Balaban J connectivity index is 2.25. The molecule has 0 radical (unpaired) electrons. The van der Waals surface area contributed by atoms with Gasteiger partial charge in [0.2, 0.25) is 6.29 Å². The molecule has 1 aromatic heterocycles. The highest BCUT2D eigenvalue weighted by molar-refractivity contribution is 5.88. The smallest absolute Gasteiger partial charge is 0.432 e. The van der Waals surface area contributed by atoms with E-state index in [9.17, 15) is 14.1 Å². The second kappa shape index (κ2) is 16.6. The van der Waals surface area contributed by atoms with Gasteiger partial charge in [-0.3, -0.25) is 0 Å². The lowest BCUT2D eigenvalue weighted by Gasteiger charge is -2.13. The molecule has 0 bridgehead atoms. The van der Waals surface area contributed by atoms with Crippen LogP contribution in [0.15, 0.2) is 12.3 Å². The normalized spacial score (nSPS) is 11.9. The van der Waals surface area contributed by atoms with E-state index >= 15 is 0 Å². The van der Waals surface area contributed by atoms with E-state index < -0.39 is 18.4 Å². The van der Waals surface area contributed by atoms with Gasteiger partial charge in [0.15, 0.2) is 5.69 Å². The maximum atomic E-state index is 14.1. The zero-order valence-corrected chi connectivity index (χ0v) is 19.2. The van der Waals surface area contributed by atoms with Gasteiger partial charge in [0.25, 0.3) is 0 Å². The van der Waals surface area contributed by atoms with Crippen LogP contribution in [0.2, 0.25) is 0 Å². The van der Waals surface area contributed by atoms with Crippen LogP contribution in [0.5, 0.6) is 0 Å². The summed E-state index contributed by atoms with van der Waals surface area (Å²) in [7, 11) is 1.47. The summed E-state index contributed by atoms with van der Waals surface area (Å²) in [5.74, 6) is -0.908. The first-order valence-corrected chi connectivity index (χ1v) is 11.4. The van der Waals surface area contributed by atoms with Gasteiger partial charge >= 0.3 is 12.1 Å². The summed E-state index contributed by atoms with van der Waals surface area (Å²) in [6.45, 7) is 3.82. The molecule has 7 nitrogen and oxygen atoms in total. The zero-order chi connectivity index (χ0) is 22.9. The summed E-state index contributed by atoms with van der Waals surface area (Å²) in [4.78, 5) is 23.8. The second-order valence-electron chi connectivity index (χ2n) is 7.66. The van der Waals surface area contributed by atoms with Crippen molar-refractivity contribution in [1.82, 2.24) is 4.79 Å². The van der Waals surface area contributed by atoms with Gasteiger partial charge in [0.05, 0.1) is 6.61 Å². The lowest BCUT2D eigenvalue weighted by molar-refractivity contribution is -0.0846. The van der Waals surface area contributed by atoms with E-state index in [1.807, 2.05) is 0 Å². The number of carbonyl (C=O) groups is 2. The predicted molar refractivity (Wildman–Crippen MR) is 116 cm³/mol. The third kappa shape index (κ3) is 12.4. The van der Waals surface area contributed by atoms with Gasteiger partial charge in [0.1, 0.15) is 6.61 Å². The lowest BCUT2D eigenvalue weighted by atomic mass is 10.0. The maximum Gasteiger partial charge on any atom is 0.511 e. The molecule has 1 rings (SSSR count). The molecule has 0 aliphatic heterocycles. The Bertz CT molecular complexity index is 634. The summed E-state index contributed by atoms with van der Waals surface area (Å²) >= 11 is 0. The highest BCUT2D eigenvalue weighted by atomic mass is 19.2. The molecule has 1 atom stereocenters. The van der Waals surface area contributed by atoms with Gasteiger partial charge in [-0.25, -0.2) is 9.59 Å². The fraction of sp³-hybridized carbons (Fsp3) is 0.739. The summed E-state index contributed by atoms with van der Waals surface area (Å²) in [6.07, 6.45) is 12.1. The predicted octanol–water partition coefficient (Wildman–Crippen LogP) is 5.99. The Morgan fingerprint density at radius 2 is 1.58 bits per heavy atom. The van der Waals surface area contributed by atoms with E-state index in [2.05, 4.69) is 6.92 Å². The first-order valence-electron chi connectivity index (χ1n) is 11.4. The minimum absolute atomic E-state index is 0.0195. The number of esters is 1. The molecule has 178 valence electrons. The Morgan fingerprint density at radius 1 is 0.968 bits per heavy atom. The van der Waals surface area contributed by atoms with E-state index in [0.717, 1.165) is 18.4 Å². The van der Waals surface area contributed by atoms with Crippen molar-refractivity contribution in [3.8, 4) is 0 Å². The number of halogens is 1. The summed E-state index contributed by atoms with van der Waals surface area (Å²) in [6, 6.07) is 1.47. The van der Waals surface area contributed by atoms with Crippen LogP contribution in [0.4, 0.5) is 9.28 Å². The number of hydrogen-bond donors (Lipinski definition) is 0. The number of ether oxygens (including phenoxy) is 4. The van der Waals surface area contributed by atoms with Crippen LogP contribution in [0.3, 0.4) is 0 Å². The van der Waals surface area contributed by atoms with Crippen LogP contribution in [-0.4, -0.2) is 43.5 Å². The summed E-state index contributed by atoms with van der Waals surface area (Å²) in [5, 5.41) is 0. The Kier molecular flexibility index (Phi) is 14.4. The quantitative estimate of drug-likeness (QED) is 0.167. The van der Waals surface area contributed by atoms with Crippen molar-refractivity contribution in [2.75, 3.05) is 20.3 Å². The molecule has 0 saturated carbocycles. The third-order valence-electron chi connectivity index (χ3n) is 4.90. The van der Waals surface area contributed by atoms with E-state index in [0.29, 0.717) is 6.42 Å². The molecule has 0 aromatic carbocycles. The SMILES string of the molecule is CCCCCCCCCCCCc1cc(C(=O)OC(C)OC(=O)OCCOC)n(F)c1. The van der Waals surface area contributed by atoms with Crippen LogP contribution in [-0.2, 0) is 25.4 Å². The molecule has 0 N–H and O–H groups in total. The minimum Gasteiger partial charge on any atom is -0.432 e. The molecule has 31 heavy (non-hydrogen) atoms. The molecule has 0 spiro atoms. The number of hydrogen-bond acceptors (Lipinski definition) is 6. The van der Waals surface area contributed by atoms with Crippen LogP contribution in [0, 0.1) is 0 Å². The molecule has 0 aliphatic carbocycles. The van der Waals surface area contributed by atoms with Gasteiger partial charge in [-0.2, -0.15) is 4.79 Å². The zero-order valence-electron chi connectivity index (χ0n) is 19.2. The third-order valence-corrected chi connectivity index (χ3v) is 4.90. The van der Waals surface area contributed by atoms with Crippen molar-refractivity contribution in [1.29, 1.82) is 0 Å². The molecule has 8 heteroatoms. The van der Waals surface area contributed by atoms with Crippen molar-refractivity contribution in [3.05, 3.63) is 23.5 Å². The highest BCUT2D eigenvalue weighted by Gasteiger charge is 2.20. The Morgan fingerprint density at radius 3 is 2.19 bits per heavy atom. The molecule has 1 aromatic rings. The van der Waals surface area contributed by atoms with E-state index in [4.69, 9.17) is 18.9 Å². The Hall–Kier alpha value is -2.09. The standard InChI is InChI=1S/C23H38FNO6/c1-4-5-6-7-8-9-10-11-12-13-14-20-17-21(25(24)18-20)22(26)30-19(2)31-23(27)29-16-15-28-3/h17-19H,4-16H2,1-3H3. The fourth-order valence-corrected chi connectivity index (χ4v) is 3.20. The molecule has 1 heterocycles. The topological polar surface area (TPSA) is 76.0 Å². The van der Waals surface area contributed by atoms with E-state index in [1.165, 1.54) is 77.7 Å². The summed E-state index contributed by atoms with van der Waals surface area (Å²) in [5.41, 5.74) is 0.506. The van der Waals surface area contributed by atoms with Gasteiger partial charge < -0.3 is 18.9 Å². The van der Waals surface area contributed by atoms with Crippen molar-refractivity contribution < 1.29 is 33.0 Å². The average molecular weight is 444 g/mol. The number of carbonyl (C=O) groups excluding carboxylic acids is 2. The maximum absolute atomic E-state index is 14.1. The van der Waals surface area contributed by atoms with E-state index in [1.54, 1.807) is 0 Å². The number of aromatic nitrogens is 1. The highest BCUT2D eigenvalue weighted by Crippen LogP contribution is 2.16. The van der Waals surface area contributed by atoms with Crippen LogP contribution in [0.1, 0.15) is 94.1 Å². The number of aryl methyl sites for hydroxylation is 1. The fourth-order valence-electron chi connectivity index (χ4n) is 3.20. The van der Waals surface area contributed by atoms with Crippen molar-refractivity contribution in [2.45, 2.75) is 90.8 Å². The number of unbranched alkanes of at least 4 members (excludes halogenated alkanes) is 9. The molecular formula is C23H38FNO6. The van der Waals surface area contributed by atoms with Crippen LogP contribution in [0.25, 0.3) is 0 Å². The summed E-state index contributed by atoms with van der Waals surface area (Å²) < 4.78 is 33.2. The molecular weight excluding hydrogens is 405 g/mol. The number of nitrogens with zero attached hydrogens (tertiary/aromatic N) is 1. The van der Waals surface area contributed by atoms with Crippen molar-refractivity contribution >= 4 is 12.1 Å². The van der Waals surface area contributed by atoms with Gasteiger partial charge in [-0.15, -0.1) is 0 Å². The van der Waals surface area contributed by atoms with Gasteiger partial charge in [-0.05, 0) is 24.5 Å². The lowest BCUT2D eigenvalue weighted by Crippen LogP contribution is -2.23. The van der Waals surface area contributed by atoms with Gasteiger partial charge in [0, 0.05) is 20.2 Å². The van der Waals surface area contributed by atoms with E-state index in [-0.39, 0.29) is 23.7 Å². The monoisotopic (exact) mass is 443 g/mol. The second-order valence-corrected chi connectivity index (χ2v) is 7.66. The average Bonchev–Trinajstić information content (AvgIpc) is 3.10. The minimum atomic E-state index is -1.21. The molecule has 0 aliphatic rings. The van der Waals surface area contributed by atoms with Crippen molar-refractivity contribution in [3.63, 3.8) is 0 Å². The molecule has 1 unspecified atom stereocenters. The molecule has 0 amide bonds. The number of rotatable bonds is 17. The molecule has 0 fully saturated rings. The largest absolute Gasteiger partial charge is 0.511 e. The van der Waals surface area contributed by atoms with Gasteiger partial charge in [-0.1, -0.05) is 69.2 Å². The van der Waals surface area contributed by atoms with Crippen LogP contribution >= 0.6 is 0 Å². The van der Waals surface area contributed by atoms with Crippen LogP contribution < -0.4 is 0 Å². The van der Waals surface area contributed by atoms with Crippen molar-refractivity contribution in [2.24, 2.45) is 0 Å². The molecule has 0 saturated heterocycles. The first kappa shape index (κ1) is 26.9. The first-order chi connectivity index (χ1) is 15.0. The Labute approximate surface area is 185 Å².